The van der Waals surface area contributed by atoms with Gasteiger partial charge in [-0.3, -0.25) is 19.7 Å². The van der Waals surface area contributed by atoms with Crippen LogP contribution >= 0.6 is 0 Å². The van der Waals surface area contributed by atoms with Gasteiger partial charge in [0.15, 0.2) is 5.75 Å². The van der Waals surface area contributed by atoms with Gasteiger partial charge in [0.05, 0.1) is 18.6 Å². The van der Waals surface area contributed by atoms with Gasteiger partial charge < -0.3 is 14.8 Å². The van der Waals surface area contributed by atoms with Gasteiger partial charge in [-0.2, -0.15) is 0 Å². The number of amides is 1. The molecule has 20 heavy (non-hydrogen) atoms. The molecule has 8 heteroatoms. The number of carbonyl (C=O) groups is 2. The molecule has 0 bridgehead atoms. The zero-order valence-corrected chi connectivity index (χ0v) is 11.0. The summed E-state index contributed by atoms with van der Waals surface area (Å²) in [6.07, 6.45) is 0. The standard InChI is InChI=1S/C12H14N2O6/c1-3-20-11(15)7-13-12(16)8-4-5-9(14(17)18)10(6-8)19-2/h4-6H,3,7H2,1-2H3,(H,13,16). The van der Waals surface area contributed by atoms with Gasteiger partial charge in [0, 0.05) is 17.7 Å². The van der Waals surface area contributed by atoms with Gasteiger partial charge in [0.1, 0.15) is 6.54 Å². The molecule has 0 saturated heterocycles. The Morgan fingerprint density at radius 3 is 2.65 bits per heavy atom. The van der Waals surface area contributed by atoms with Crippen molar-refractivity contribution in [3.63, 3.8) is 0 Å². The number of hydrogen-bond donors (Lipinski definition) is 1. The first-order valence-corrected chi connectivity index (χ1v) is 5.75. The van der Waals surface area contributed by atoms with Crippen molar-refractivity contribution in [2.45, 2.75) is 6.92 Å². The molecule has 0 aromatic heterocycles. The molecule has 0 aliphatic heterocycles. The Morgan fingerprint density at radius 2 is 2.10 bits per heavy atom. The maximum atomic E-state index is 11.8. The Bertz CT molecular complexity index is 529. The maximum Gasteiger partial charge on any atom is 0.325 e. The van der Waals surface area contributed by atoms with Crippen LogP contribution in [0.25, 0.3) is 0 Å². The van der Waals surface area contributed by atoms with Crippen molar-refractivity contribution in [3.8, 4) is 5.75 Å². The van der Waals surface area contributed by atoms with Crippen molar-refractivity contribution < 1.29 is 24.0 Å². The van der Waals surface area contributed by atoms with Crippen molar-refractivity contribution in [2.75, 3.05) is 20.3 Å². The highest BCUT2D eigenvalue weighted by molar-refractivity contribution is 5.96. The number of rotatable bonds is 6. The number of benzene rings is 1. The molecule has 0 heterocycles. The zero-order valence-electron chi connectivity index (χ0n) is 11.0. The average Bonchev–Trinajstić information content (AvgIpc) is 2.44. The van der Waals surface area contributed by atoms with Gasteiger partial charge in [-0.15, -0.1) is 0 Å². The minimum atomic E-state index is -0.612. The van der Waals surface area contributed by atoms with E-state index in [0.29, 0.717) is 0 Å². The Balaban J connectivity index is 2.79. The molecule has 0 unspecified atom stereocenters. The van der Waals surface area contributed by atoms with Crippen LogP contribution < -0.4 is 10.1 Å². The van der Waals surface area contributed by atoms with Gasteiger partial charge in [0.2, 0.25) is 0 Å². The summed E-state index contributed by atoms with van der Waals surface area (Å²) >= 11 is 0. The molecule has 108 valence electrons. The van der Waals surface area contributed by atoms with E-state index in [0.717, 1.165) is 6.07 Å². The number of nitro groups is 1. The van der Waals surface area contributed by atoms with Crippen LogP contribution in [-0.2, 0) is 9.53 Å². The molecule has 1 N–H and O–H groups in total. The molecule has 0 aliphatic rings. The monoisotopic (exact) mass is 282 g/mol. The first-order valence-electron chi connectivity index (χ1n) is 5.75. The van der Waals surface area contributed by atoms with Crippen LogP contribution in [-0.4, -0.2) is 37.1 Å². The smallest absolute Gasteiger partial charge is 0.325 e. The molecular weight excluding hydrogens is 268 g/mol. The summed E-state index contributed by atoms with van der Waals surface area (Å²) in [6.45, 7) is 1.60. The fraction of sp³-hybridized carbons (Fsp3) is 0.333. The largest absolute Gasteiger partial charge is 0.490 e. The Morgan fingerprint density at radius 1 is 1.40 bits per heavy atom. The minimum Gasteiger partial charge on any atom is -0.490 e. The second-order valence-corrected chi connectivity index (χ2v) is 3.63. The highest BCUT2D eigenvalue weighted by Gasteiger charge is 2.17. The third-order valence-corrected chi connectivity index (χ3v) is 2.34. The van der Waals surface area contributed by atoms with E-state index in [4.69, 9.17) is 4.74 Å². The van der Waals surface area contributed by atoms with Crippen LogP contribution in [0.3, 0.4) is 0 Å². The molecule has 0 atom stereocenters. The number of nitrogens with one attached hydrogen (secondary N) is 1. The molecule has 0 spiro atoms. The lowest BCUT2D eigenvalue weighted by Gasteiger charge is -2.07. The van der Waals surface area contributed by atoms with E-state index in [1.54, 1.807) is 6.92 Å². The van der Waals surface area contributed by atoms with E-state index in [-0.39, 0.29) is 30.2 Å². The fourth-order valence-electron chi connectivity index (χ4n) is 1.44. The lowest BCUT2D eigenvalue weighted by Crippen LogP contribution is -2.30. The second kappa shape index (κ2) is 7.07. The molecule has 1 aromatic carbocycles. The molecule has 8 nitrogen and oxygen atoms in total. The van der Waals surface area contributed by atoms with Crippen LogP contribution in [0.1, 0.15) is 17.3 Å². The fourth-order valence-corrected chi connectivity index (χ4v) is 1.44. The van der Waals surface area contributed by atoms with Crippen molar-refractivity contribution in [1.82, 2.24) is 5.32 Å². The summed E-state index contributed by atoms with van der Waals surface area (Å²) in [4.78, 5) is 33.0. The first kappa shape index (κ1) is 15.4. The van der Waals surface area contributed by atoms with Crippen LogP contribution in [0, 0.1) is 10.1 Å². The average molecular weight is 282 g/mol. The van der Waals surface area contributed by atoms with Crippen molar-refractivity contribution in [1.29, 1.82) is 0 Å². The summed E-state index contributed by atoms with van der Waals surface area (Å²) in [7, 11) is 1.27. The second-order valence-electron chi connectivity index (χ2n) is 3.63. The van der Waals surface area contributed by atoms with Crippen molar-refractivity contribution in [2.24, 2.45) is 0 Å². The summed E-state index contributed by atoms with van der Waals surface area (Å²) in [5, 5.41) is 13.1. The predicted molar refractivity (Wildman–Crippen MR) is 68.6 cm³/mol. The van der Waals surface area contributed by atoms with E-state index < -0.39 is 16.8 Å². The Kier molecular flexibility index (Phi) is 5.45. The van der Waals surface area contributed by atoms with Crippen LogP contribution in [0.15, 0.2) is 18.2 Å². The molecule has 1 aromatic rings. The summed E-state index contributed by atoms with van der Waals surface area (Å²) in [5.74, 6) is -1.14. The van der Waals surface area contributed by atoms with E-state index in [2.05, 4.69) is 10.1 Å². The normalized spacial score (nSPS) is 9.70. The molecule has 0 saturated carbocycles. The number of ether oxygens (including phenoxy) is 2. The number of nitrogens with zero attached hydrogens (tertiary/aromatic N) is 1. The highest BCUT2D eigenvalue weighted by atomic mass is 16.6. The quantitative estimate of drug-likeness (QED) is 0.471. The van der Waals surface area contributed by atoms with Gasteiger partial charge in [-0.1, -0.05) is 0 Å². The van der Waals surface area contributed by atoms with E-state index in [1.165, 1.54) is 19.2 Å². The van der Waals surface area contributed by atoms with Crippen LogP contribution in [0.5, 0.6) is 5.75 Å². The van der Waals surface area contributed by atoms with Crippen LogP contribution in [0.4, 0.5) is 5.69 Å². The van der Waals surface area contributed by atoms with E-state index in [9.17, 15) is 19.7 Å². The number of hydrogen-bond acceptors (Lipinski definition) is 6. The molecule has 0 radical (unpaired) electrons. The van der Waals surface area contributed by atoms with Gasteiger partial charge in [-0.25, -0.2) is 0 Å². The van der Waals surface area contributed by atoms with Crippen molar-refractivity contribution in [3.05, 3.63) is 33.9 Å². The van der Waals surface area contributed by atoms with E-state index >= 15 is 0 Å². The number of methoxy groups -OCH3 is 1. The predicted octanol–water partition coefficient (Wildman–Crippen LogP) is 0.896. The molecule has 0 aliphatic carbocycles. The van der Waals surface area contributed by atoms with Gasteiger partial charge in [0.25, 0.3) is 5.91 Å². The van der Waals surface area contributed by atoms with Crippen LogP contribution in [0.2, 0.25) is 0 Å². The molecule has 1 amide bonds. The SMILES string of the molecule is CCOC(=O)CNC(=O)c1ccc([N+](=O)[O-])c(OC)c1. The number of carbonyl (C=O) groups excluding carboxylic acids is 2. The first-order chi connectivity index (χ1) is 9.49. The third-order valence-electron chi connectivity index (χ3n) is 2.34. The summed E-state index contributed by atoms with van der Waals surface area (Å²) in [5.41, 5.74) is -0.0915. The number of esters is 1. The minimum absolute atomic E-state index is 0.0289. The molecule has 0 fully saturated rings. The third kappa shape index (κ3) is 3.94. The summed E-state index contributed by atoms with van der Waals surface area (Å²) in [6, 6.07) is 3.68. The molecular formula is C12H14N2O6. The van der Waals surface area contributed by atoms with Gasteiger partial charge >= 0.3 is 11.7 Å². The lowest BCUT2D eigenvalue weighted by molar-refractivity contribution is -0.385. The molecule has 1 rings (SSSR count). The lowest BCUT2D eigenvalue weighted by atomic mass is 10.2. The maximum absolute atomic E-state index is 11.8. The Hall–Kier alpha value is -2.64. The zero-order chi connectivity index (χ0) is 15.1. The highest BCUT2D eigenvalue weighted by Crippen LogP contribution is 2.27. The van der Waals surface area contributed by atoms with E-state index in [1.807, 2.05) is 0 Å². The Labute approximate surface area is 114 Å². The summed E-state index contributed by atoms with van der Waals surface area (Å²) < 4.78 is 9.50. The van der Waals surface area contributed by atoms with Gasteiger partial charge in [-0.05, 0) is 13.0 Å². The topological polar surface area (TPSA) is 108 Å². The number of nitro benzene ring substituents is 1. The van der Waals surface area contributed by atoms with Crippen molar-refractivity contribution >= 4 is 17.6 Å².